The van der Waals surface area contributed by atoms with E-state index in [2.05, 4.69) is 27.4 Å². The molecule has 4 aromatic rings. The van der Waals surface area contributed by atoms with Gasteiger partial charge in [0.15, 0.2) is 0 Å². The lowest BCUT2D eigenvalue weighted by molar-refractivity contribution is 0.0627. The summed E-state index contributed by atoms with van der Waals surface area (Å²) < 4.78 is 5.81. The number of carbonyl (C=O) groups is 1. The molecule has 0 radical (unpaired) electrons. The number of benzene rings is 2. The van der Waals surface area contributed by atoms with Gasteiger partial charge in [-0.3, -0.25) is 14.7 Å². The smallest absolute Gasteiger partial charge is 0.253 e. The molecule has 1 aliphatic rings. The van der Waals surface area contributed by atoms with Gasteiger partial charge in [0, 0.05) is 61.6 Å². The first-order valence-corrected chi connectivity index (χ1v) is 12.3. The highest BCUT2D eigenvalue weighted by molar-refractivity contribution is 7.13. The van der Waals surface area contributed by atoms with Crippen molar-refractivity contribution in [3.63, 3.8) is 0 Å². The van der Waals surface area contributed by atoms with Crippen molar-refractivity contribution in [2.24, 2.45) is 0 Å². The maximum Gasteiger partial charge on any atom is 0.253 e. The van der Waals surface area contributed by atoms with Gasteiger partial charge in [-0.05, 0) is 42.0 Å². The van der Waals surface area contributed by atoms with E-state index < -0.39 is 0 Å². The van der Waals surface area contributed by atoms with Gasteiger partial charge in [0.1, 0.15) is 17.4 Å². The summed E-state index contributed by atoms with van der Waals surface area (Å²) in [6.07, 6.45) is 3.50. The van der Waals surface area contributed by atoms with Crippen molar-refractivity contribution in [2.45, 2.75) is 13.2 Å². The van der Waals surface area contributed by atoms with Crippen LogP contribution in [0.15, 0.2) is 84.5 Å². The van der Waals surface area contributed by atoms with Crippen LogP contribution in [0.1, 0.15) is 21.6 Å². The molecular formula is C27H26N4O2S. The molecule has 1 saturated heterocycles. The van der Waals surface area contributed by atoms with Gasteiger partial charge < -0.3 is 9.64 Å². The number of piperazine rings is 1. The first-order chi connectivity index (χ1) is 16.7. The Balaban J connectivity index is 1.11. The van der Waals surface area contributed by atoms with E-state index in [1.54, 1.807) is 23.7 Å². The first kappa shape index (κ1) is 22.3. The van der Waals surface area contributed by atoms with Gasteiger partial charge in [0.25, 0.3) is 5.91 Å². The minimum absolute atomic E-state index is 0.0698. The van der Waals surface area contributed by atoms with E-state index in [1.807, 2.05) is 59.5 Å². The van der Waals surface area contributed by atoms with Crippen molar-refractivity contribution >= 4 is 17.2 Å². The summed E-state index contributed by atoms with van der Waals surface area (Å²) in [6, 6.07) is 21.5. The summed E-state index contributed by atoms with van der Waals surface area (Å²) >= 11 is 1.68. The highest BCUT2D eigenvalue weighted by Gasteiger charge is 2.22. The fourth-order valence-corrected chi connectivity index (χ4v) is 4.77. The number of thiazole rings is 1. The maximum absolute atomic E-state index is 13.0. The normalized spacial score (nSPS) is 14.2. The van der Waals surface area contributed by atoms with Gasteiger partial charge in [-0.25, -0.2) is 4.98 Å². The van der Waals surface area contributed by atoms with E-state index in [4.69, 9.17) is 9.72 Å². The molecule has 1 amide bonds. The largest absolute Gasteiger partial charge is 0.489 e. The Morgan fingerprint density at radius 3 is 2.38 bits per heavy atom. The minimum atomic E-state index is 0.0698. The van der Waals surface area contributed by atoms with Crippen molar-refractivity contribution in [1.82, 2.24) is 19.8 Å². The number of hydrogen-bond donors (Lipinski definition) is 0. The third-order valence-electron chi connectivity index (χ3n) is 5.87. The van der Waals surface area contributed by atoms with Crippen molar-refractivity contribution < 1.29 is 9.53 Å². The Bertz CT molecular complexity index is 1200. The van der Waals surface area contributed by atoms with Crippen LogP contribution in [-0.4, -0.2) is 51.9 Å². The van der Waals surface area contributed by atoms with Gasteiger partial charge in [-0.15, -0.1) is 11.3 Å². The molecule has 0 aliphatic carbocycles. The van der Waals surface area contributed by atoms with Crippen LogP contribution in [0.4, 0.5) is 0 Å². The van der Waals surface area contributed by atoms with Crippen molar-refractivity contribution in [1.29, 1.82) is 0 Å². The monoisotopic (exact) mass is 470 g/mol. The standard InChI is InChI=1S/C27H26N4O2S/c32-27(23-6-8-25(9-7-23)33-19-21-10-12-28-13-11-21)31-16-14-30(15-17-31)18-24-20-34-26(29-24)22-4-2-1-3-5-22/h1-13,20H,14-19H2. The average molecular weight is 471 g/mol. The van der Waals surface area contributed by atoms with E-state index in [9.17, 15) is 4.79 Å². The zero-order valence-corrected chi connectivity index (χ0v) is 19.7. The highest BCUT2D eigenvalue weighted by atomic mass is 32.1. The molecule has 5 rings (SSSR count). The number of aromatic nitrogens is 2. The van der Waals surface area contributed by atoms with Crippen LogP contribution in [0.25, 0.3) is 10.6 Å². The summed E-state index contributed by atoms with van der Waals surface area (Å²) in [5.41, 5.74) is 3.99. The molecule has 34 heavy (non-hydrogen) atoms. The fourth-order valence-electron chi connectivity index (χ4n) is 3.95. The lowest BCUT2D eigenvalue weighted by Crippen LogP contribution is -2.48. The number of rotatable bonds is 7. The maximum atomic E-state index is 13.0. The molecule has 3 heterocycles. The predicted octanol–water partition coefficient (Wildman–Crippen LogP) is 4.74. The van der Waals surface area contributed by atoms with E-state index in [0.717, 1.165) is 60.3 Å². The van der Waals surface area contributed by atoms with E-state index in [1.165, 1.54) is 0 Å². The predicted molar refractivity (Wildman–Crippen MR) is 134 cm³/mol. The number of hydrogen-bond acceptors (Lipinski definition) is 6. The topological polar surface area (TPSA) is 58.6 Å². The van der Waals surface area contributed by atoms with Gasteiger partial charge in [0.05, 0.1) is 5.69 Å². The van der Waals surface area contributed by atoms with Crippen LogP contribution < -0.4 is 4.74 Å². The van der Waals surface area contributed by atoms with E-state index in [-0.39, 0.29) is 5.91 Å². The number of carbonyl (C=O) groups excluding carboxylic acids is 1. The molecule has 0 saturated carbocycles. The summed E-state index contributed by atoms with van der Waals surface area (Å²) in [7, 11) is 0. The van der Waals surface area contributed by atoms with Crippen LogP contribution in [0.2, 0.25) is 0 Å². The third kappa shape index (κ3) is 5.50. The fraction of sp³-hybridized carbons (Fsp3) is 0.222. The number of amides is 1. The molecule has 0 spiro atoms. The SMILES string of the molecule is O=C(c1ccc(OCc2ccncc2)cc1)N1CCN(Cc2csc(-c3ccccc3)n2)CC1. The quantitative estimate of drug-likeness (QED) is 0.390. The molecule has 2 aromatic heterocycles. The average Bonchev–Trinajstić information content (AvgIpc) is 3.37. The Hall–Kier alpha value is -3.55. The molecule has 1 aliphatic heterocycles. The molecule has 1 fully saturated rings. The zero-order chi connectivity index (χ0) is 23.2. The molecule has 6 nitrogen and oxygen atoms in total. The van der Waals surface area contributed by atoms with Crippen LogP contribution in [0, 0.1) is 0 Å². The molecule has 0 bridgehead atoms. The Morgan fingerprint density at radius 2 is 1.65 bits per heavy atom. The molecule has 172 valence electrons. The first-order valence-electron chi connectivity index (χ1n) is 11.4. The molecule has 7 heteroatoms. The lowest BCUT2D eigenvalue weighted by atomic mass is 10.1. The highest BCUT2D eigenvalue weighted by Crippen LogP contribution is 2.24. The molecule has 0 unspecified atom stereocenters. The Morgan fingerprint density at radius 1 is 0.912 bits per heavy atom. The van der Waals surface area contributed by atoms with Gasteiger partial charge in [-0.2, -0.15) is 0 Å². The molecule has 0 N–H and O–H groups in total. The van der Waals surface area contributed by atoms with Gasteiger partial charge in [-0.1, -0.05) is 30.3 Å². The van der Waals surface area contributed by atoms with E-state index in [0.29, 0.717) is 12.2 Å². The van der Waals surface area contributed by atoms with Crippen molar-refractivity contribution in [3.8, 4) is 16.3 Å². The summed E-state index contributed by atoms with van der Waals surface area (Å²) in [4.78, 5) is 26.1. The Labute approximate surface area is 203 Å². The second-order valence-electron chi connectivity index (χ2n) is 8.25. The van der Waals surface area contributed by atoms with Crippen LogP contribution in [-0.2, 0) is 13.2 Å². The molecule has 0 atom stereocenters. The van der Waals surface area contributed by atoms with Crippen molar-refractivity contribution in [2.75, 3.05) is 26.2 Å². The summed E-state index contributed by atoms with van der Waals surface area (Å²) in [5.74, 6) is 0.816. The van der Waals surface area contributed by atoms with Crippen LogP contribution >= 0.6 is 11.3 Å². The minimum Gasteiger partial charge on any atom is -0.489 e. The van der Waals surface area contributed by atoms with Crippen molar-refractivity contribution in [3.05, 3.63) is 101 Å². The third-order valence-corrected chi connectivity index (χ3v) is 6.81. The second kappa shape index (κ2) is 10.6. The molecular weight excluding hydrogens is 444 g/mol. The Kier molecular flexibility index (Phi) is 6.93. The number of nitrogens with zero attached hydrogens (tertiary/aromatic N) is 4. The number of ether oxygens (including phenoxy) is 1. The van der Waals surface area contributed by atoms with Gasteiger partial charge in [0.2, 0.25) is 0 Å². The van der Waals surface area contributed by atoms with E-state index >= 15 is 0 Å². The van der Waals surface area contributed by atoms with Crippen LogP contribution in [0.5, 0.6) is 5.75 Å². The van der Waals surface area contributed by atoms with Crippen LogP contribution in [0.3, 0.4) is 0 Å². The summed E-state index contributed by atoms with van der Waals surface area (Å²) in [5, 5.41) is 3.19. The second-order valence-corrected chi connectivity index (χ2v) is 9.10. The number of pyridine rings is 1. The zero-order valence-electron chi connectivity index (χ0n) is 18.8. The summed E-state index contributed by atoms with van der Waals surface area (Å²) in [6.45, 7) is 4.41. The van der Waals surface area contributed by atoms with Gasteiger partial charge >= 0.3 is 0 Å². The lowest BCUT2D eigenvalue weighted by Gasteiger charge is -2.34. The molecule has 2 aromatic carbocycles.